The molecule has 5 rings (SSSR count). The predicted molar refractivity (Wildman–Crippen MR) is 104 cm³/mol. The second-order valence-electron chi connectivity index (χ2n) is 8.02. The summed E-state index contributed by atoms with van der Waals surface area (Å²) in [7, 11) is 0. The molecule has 3 aromatic rings. The highest BCUT2D eigenvalue weighted by molar-refractivity contribution is 5.86. The van der Waals surface area contributed by atoms with Gasteiger partial charge in [-0.2, -0.15) is 9.13 Å². The van der Waals surface area contributed by atoms with Gasteiger partial charge in [0.05, 0.1) is 11.1 Å². The third kappa shape index (κ3) is 2.11. The van der Waals surface area contributed by atoms with Crippen molar-refractivity contribution in [2.75, 3.05) is 0 Å². The molecule has 0 fully saturated rings. The van der Waals surface area contributed by atoms with Gasteiger partial charge in [-0.1, -0.05) is 0 Å². The average molecular weight is 342 g/mol. The maximum atomic E-state index is 2.44. The number of benzene rings is 1. The Balaban J connectivity index is 1.94. The standard InChI is InChI=1S/C24H26N2/c1-15-5-9-25-11-7-19-17(3)18(4)20-8-12-26-10-6-16(2)14-22(26)24(20)23(19)21(25)13-15/h5-6,9-10,13-14H,7-8,11-12H2,1-4H3/q+2. The van der Waals surface area contributed by atoms with E-state index >= 15 is 0 Å². The lowest BCUT2D eigenvalue weighted by molar-refractivity contribution is -0.689. The van der Waals surface area contributed by atoms with Crippen LogP contribution in [0.4, 0.5) is 0 Å². The fourth-order valence-corrected chi connectivity index (χ4v) is 4.87. The molecule has 0 spiro atoms. The molecular weight excluding hydrogens is 316 g/mol. The Kier molecular flexibility index (Phi) is 3.34. The van der Waals surface area contributed by atoms with Gasteiger partial charge in [0, 0.05) is 37.1 Å². The van der Waals surface area contributed by atoms with Crippen LogP contribution in [0, 0.1) is 27.7 Å². The molecule has 130 valence electrons. The second-order valence-corrected chi connectivity index (χ2v) is 8.02. The van der Waals surface area contributed by atoms with E-state index in [0.29, 0.717) is 0 Å². The molecule has 2 heteroatoms. The van der Waals surface area contributed by atoms with E-state index in [2.05, 4.69) is 73.5 Å². The van der Waals surface area contributed by atoms with Crippen molar-refractivity contribution in [2.45, 2.75) is 53.6 Å². The summed E-state index contributed by atoms with van der Waals surface area (Å²) in [4.78, 5) is 0. The quantitative estimate of drug-likeness (QED) is 0.547. The largest absolute Gasteiger partial charge is 0.213 e. The molecule has 2 aliphatic heterocycles. The lowest BCUT2D eigenvalue weighted by Crippen LogP contribution is -2.43. The molecule has 2 aromatic heterocycles. The van der Waals surface area contributed by atoms with Crippen LogP contribution in [0.5, 0.6) is 0 Å². The molecule has 0 saturated heterocycles. The van der Waals surface area contributed by atoms with Gasteiger partial charge >= 0.3 is 0 Å². The van der Waals surface area contributed by atoms with Gasteiger partial charge in [-0.15, -0.1) is 0 Å². The highest BCUT2D eigenvalue weighted by Crippen LogP contribution is 2.42. The number of nitrogens with zero attached hydrogens (tertiary/aromatic N) is 2. The molecule has 1 aromatic carbocycles. The van der Waals surface area contributed by atoms with E-state index in [-0.39, 0.29) is 0 Å². The zero-order chi connectivity index (χ0) is 18.0. The summed E-state index contributed by atoms with van der Waals surface area (Å²) >= 11 is 0. The maximum Gasteiger partial charge on any atom is 0.213 e. The van der Waals surface area contributed by atoms with Crippen molar-refractivity contribution in [3.05, 3.63) is 70.0 Å². The van der Waals surface area contributed by atoms with Gasteiger partial charge in [-0.25, -0.2) is 0 Å². The Morgan fingerprint density at radius 3 is 1.50 bits per heavy atom. The van der Waals surface area contributed by atoms with Gasteiger partial charge in [-0.05, 0) is 61.1 Å². The number of hydrogen-bond acceptors (Lipinski definition) is 0. The Morgan fingerprint density at radius 2 is 1.08 bits per heavy atom. The van der Waals surface area contributed by atoms with E-state index < -0.39 is 0 Å². The second kappa shape index (κ2) is 5.51. The number of pyridine rings is 2. The summed E-state index contributed by atoms with van der Waals surface area (Å²) in [6.45, 7) is 11.2. The number of fused-ring (bicyclic) bond motifs is 7. The minimum absolute atomic E-state index is 1.08. The minimum atomic E-state index is 1.08. The molecule has 26 heavy (non-hydrogen) atoms. The smallest absolute Gasteiger partial charge is 0.198 e. The first-order valence-electron chi connectivity index (χ1n) is 9.70. The Labute approximate surface area is 155 Å². The molecule has 0 N–H and O–H groups in total. The third-order valence-corrected chi connectivity index (χ3v) is 6.42. The van der Waals surface area contributed by atoms with Crippen molar-refractivity contribution >= 4 is 0 Å². The lowest BCUT2D eigenvalue weighted by atomic mass is 9.79. The number of hydrogen-bond donors (Lipinski definition) is 0. The van der Waals surface area contributed by atoms with Crippen LogP contribution in [-0.4, -0.2) is 0 Å². The van der Waals surface area contributed by atoms with Crippen molar-refractivity contribution < 1.29 is 9.13 Å². The van der Waals surface area contributed by atoms with Crippen LogP contribution in [0.15, 0.2) is 36.7 Å². The van der Waals surface area contributed by atoms with Gasteiger partial charge in [-0.3, -0.25) is 0 Å². The summed E-state index contributed by atoms with van der Waals surface area (Å²) in [6.07, 6.45) is 6.79. The minimum Gasteiger partial charge on any atom is -0.198 e. The Hall–Kier alpha value is -2.48. The van der Waals surface area contributed by atoms with Crippen molar-refractivity contribution in [2.24, 2.45) is 0 Å². The first kappa shape index (κ1) is 15.7. The zero-order valence-electron chi connectivity index (χ0n) is 16.2. The van der Waals surface area contributed by atoms with Gasteiger partial charge in [0.15, 0.2) is 25.5 Å². The highest BCUT2D eigenvalue weighted by atomic mass is 15.0. The van der Waals surface area contributed by atoms with E-state index in [1.807, 2.05) is 0 Å². The third-order valence-electron chi connectivity index (χ3n) is 6.42. The van der Waals surface area contributed by atoms with Gasteiger partial charge in [0.1, 0.15) is 0 Å². The Bertz CT molecular complexity index is 990. The molecule has 0 radical (unpaired) electrons. The molecule has 0 saturated carbocycles. The van der Waals surface area contributed by atoms with Crippen LogP contribution < -0.4 is 9.13 Å². The van der Waals surface area contributed by atoms with Crippen LogP contribution in [0.2, 0.25) is 0 Å². The first-order valence-corrected chi connectivity index (χ1v) is 9.70. The van der Waals surface area contributed by atoms with Crippen LogP contribution >= 0.6 is 0 Å². The molecule has 0 aliphatic carbocycles. The predicted octanol–water partition coefficient (Wildman–Crippen LogP) is 3.94. The highest BCUT2D eigenvalue weighted by Gasteiger charge is 2.35. The number of rotatable bonds is 0. The van der Waals surface area contributed by atoms with Crippen LogP contribution in [0.1, 0.15) is 33.4 Å². The van der Waals surface area contributed by atoms with Crippen molar-refractivity contribution in [1.29, 1.82) is 0 Å². The molecule has 0 amide bonds. The van der Waals surface area contributed by atoms with Crippen molar-refractivity contribution in [3.8, 4) is 22.5 Å². The molecule has 0 unspecified atom stereocenters. The van der Waals surface area contributed by atoms with E-state index in [0.717, 1.165) is 25.9 Å². The normalized spacial score (nSPS) is 14.3. The van der Waals surface area contributed by atoms with E-state index in [4.69, 9.17) is 0 Å². The topological polar surface area (TPSA) is 7.76 Å². The van der Waals surface area contributed by atoms with Crippen LogP contribution in [0.25, 0.3) is 22.5 Å². The maximum absolute atomic E-state index is 2.44. The van der Waals surface area contributed by atoms with Crippen LogP contribution in [0.3, 0.4) is 0 Å². The fourth-order valence-electron chi connectivity index (χ4n) is 4.87. The van der Waals surface area contributed by atoms with Crippen LogP contribution in [-0.2, 0) is 25.9 Å². The zero-order valence-corrected chi connectivity index (χ0v) is 16.2. The Morgan fingerprint density at radius 1 is 0.654 bits per heavy atom. The fraction of sp³-hybridized carbons (Fsp3) is 0.333. The van der Waals surface area contributed by atoms with E-state index in [1.54, 1.807) is 11.1 Å². The summed E-state index contributed by atoms with van der Waals surface area (Å²) in [5, 5.41) is 0. The average Bonchev–Trinajstić information content (AvgIpc) is 2.64. The summed E-state index contributed by atoms with van der Waals surface area (Å²) in [6, 6.07) is 9.22. The molecule has 4 heterocycles. The van der Waals surface area contributed by atoms with Crippen molar-refractivity contribution in [3.63, 3.8) is 0 Å². The number of aromatic nitrogens is 2. The SMILES string of the molecule is Cc1cc[n+]2c(c1)-c1c(c(C)c(C)c3c1-c1cc(C)cc[n+]1CC3)CC2. The van der Waals surface area contributed by atoms with E-state index in [1.165, 1.54) is 44.8 Å². The molecule has 2 nitrogen and oxygen atoms in total. The van der Waals surface area contributed by atoms with Gasteiger partial charge < -0.3 is 0 Å². The number of aryl methyl sites for hydroxylation is 4. The van der Waals surface area contributed by atoms with Gasteiger partial charge in [0.2, 0.25) is 11.4 Å². The molecule has 0 bridgehead atoms. The summed E-state index contributed by atoms with van der Waals surface area (Å²) in [5.74, 6) is 0. The summed E-state index contributed by atoms with van der Waals surface area (Å²) in [5.41, 5.74) is 14.5. The van der Waals surface area contributed by atoms with E-state index in [9.17, 15) is 0 Å². The molecular formula is C24H26N2+2. The first-order chi connectivity index (χ1) is 12.5. The van der Waals surface area contributed by atoms with Gasteiger partial charge in [0.25, 0.3) is 0 Å². The summed E-state index contributed by atoms with van der Waals surface area (Å²) < 4.78 is 4.89. The monoisotopic (exact) mass is 342 g/mol. The molecule has 0 atom stereocenters. The lowest BCUT2D eigenvalue weighted by Gasteiger charge is -2.27. The molecule has 2 aliphatic rings. The van der Waals surface area contributed by atoms with Crippen molar-refractivity contribution in [1.82, 2.24) is 0 Å².